The monoisotopic (exact) mass is 230 g/mol. The fraction of sp³-hybridized carbons (Fsp3) is 1.00. The summed E-state index contributed by atoms with van der Waals surface area (Å²) in [6.45, 7) is 2.04. The number of alkyl halides is 1. The Bertz CT molecular complexity index is 19.7. The third kappa shape index (κ3) is 123. The van der Waals surface area contributed by atoms with Gasteiger partial charge < -0.3 is 4.57 Å². The van der Waals surface area contributed by atoms with Crippen molar-refractivity contribution in [3.8, 4) is 0 Å². The molecule has 7 heavy (non-hydrogen) atoms. The standard InChI is InChI=1S/C2H5Br.2ClH.H3OP/c1-2-3;;;1-2/h2H2,1H3;2*1H;2H3. The second-order valence-electron chi connectivity index (χ2n) is 0.267. The molecule has 0 N–H and O–H groups in total. The van der Waals surface area contributed by atoms with Crippen molar-refractivity contribution in [2.45, 2.75) is 6.92 Å². The molecule has 0 aromatic carbocycles. The van der Waals surface area contributed by atoms with Gasteiger partial charge in [-0.05, 0) is 0 Å². The van der Waals surface area contributed by atoms with Gasteiger partial charge in [-0.2, -0.15) is 0 Å². The van der Waals surface area contributed by atoms with Gasteiger partial charge in [0.25, 0.3) is 0 Å². The van der Waals surface area contributed by atoms with E-state index in [1.807, 2.05) is 6.92 Å². The Balaban J connectivity index is -0.0000000105. The van der Waals surface area contributed by atoms with Crippen molar-refractivity contribution in [3.05, 3.63) is 0 Å². The topological polar surface area (TPSA) is 17.1 Å². The maximum Gasteiger partial charge on any atom is 0.0527 e. The van der Waals surface area contributed by atoms with Crippen molar-refractivity contribution in [2.75, 3.05) is 5.33 Å². The SMILES string of the molecule is CCBr.Cl.Cl.O=[PH3]. The molecule has 0 aromatic heterocycles. The largest absolute Gasteiger partial charge is 0.333 e. The Morgan fingerprint density at radius 3 is 1.43 bits per heavy atom. The second-order valence-corrected chi connectivity index (χ2v) is 1.39. The van der Waals surface area contributed by atoms with Crippen molar-refractivity contribution in [3.63, 3.8) is 0 Å². The van der Waals surface area contributed by atoms with Crippen LogP contribution in [0.5, 0.6) is 0 Å². The Hall–Kier alpha value is 1.29. The first-order valence-electron chi connectivity index (χ1n) is 1.26. The van der Waals surface area contributed by atoms with E-state index < -0.39 is 0 Å². The van der Waals surface area contributed by atoms with Crippen LogP contribution in [0.3, 0.4) is 0 Å². The summed E-state index contributed by atoms with van der Waals surface area (Å²) in [4.78, 5) is 0. The Morgan fingerprint density at radius 2 is 1.43 bits per heavy atom. The first kappa shape index (κ1) is 23.9. The van der Waals surface area contributed by atoms with Gasteiger partial charge in [0, 0.05) is 5.33 Å². The van der Waals surface area contributed by atoms with Crippen LogP contribution in [0.4, 0.5) is 0 Å². The zero-order valence-electron chi connectivity index (χ0n) is 4.02. The molecule has 0 aromatic rings. The summed E-state index contributed by atoms with van der Waals surface area (Å²) < 4.78 is 8.28. The van der Waals surface area contributed by atoms with E-state index >= 15 is 0 Å². The minimum Gasteiger partial charge on any atom is -0.333 e. The zero-order chi connectivity index (χ0) is 4.71. The highest BCUT2D eigenvalue weighted by Gasteiger charge is 1.38. The van der Waals surface area contributed by atoms with Gasteiger partial charge >= 0.3 is 0 Å². The summed E-state index contributed by atoms with van der Waals surface area (Å²) in [5, 5.41) is 1.06. The molecule has 5 heteroatoms. The number of hydrogen-bond acceptors (Lipinski definition) is 1. The van der Waals surface area contributed by atoms with Crippen LogP contribution in [-0.2, 0) is 4.57 Å². The first-order chi connectivity index (χ1) is 2.41. The molecular weight excluding hydrogens is 222 g/mol. The predicted octanol–water partition coefficient (Wildman–Crippen LogP) is 2.18. The highest BCUT2D eigenvalue weighted by atomic mass is 79.9. The molecule has 0 radical (unpaired) electrons. The van der Waals surface area contributed by atoms with Crippen molar-refractivity contribution in [2.24, 2.45) is 0 Å². The van der Waals surface area contributed by atoms with Crippen molar-refractivity contribution < 1.29 is 4.57 Å². The molecule has 0 aliphatic rings. The minimum atomic E-state index is 0. The number of halogens is 3. The van der Waals surface area contributed by atoms with Crippen LogP contribution in [0.1, 0.15) is 6.92 Å². The summed E-state index contributed by atoms with van der Waals surface area (Å²) in [6.07, 6.45) is 0. The first-order valence-corrected chi connectivity index (χ1v) is 2.96. The Kier molecular flexibility index (Phi) is 188. The fourth-order valence-corrected chi connectivity index (χ4v) is 0. The van der Waals surface area contributed by atoms with Gasteiger partial charge in [0.2, 0.25) is 0 Å². The third-order valence-corrected chi connectivity index (χ3v) is 0. The maximum absolute atomic E-state index is 8.28. The predicted molar refractivity (Wildman–Crippen MR) is 45.8 cm³/mol. The van der Waals surface area contributed by atoms with Gasteiger partial charge in [0.05, 0.1) is 9.12 Å². The summed E-state index contributed by atoms with van der Waals surface area (Å²) >= 11 is 3.15. The van der Waals surface area contributed by atoms with E-state index in [0.717, 1.165) is 5.33 Å². The van der Waals surface area contributed by atoms with Gasteiger partial charge in [-0.25, -0.2) is 0 Å². The van der Waals surface area contributed by atoms with E-state index in [0.29, 0.717) is 9.12 Å². The lowest BCUT2D eigenvalue weighted by molar-refractivity contribution is 0.607. The molecule has 0 saturated carbocycles. The number of hydrogen-bond donors (Lipinski definition) is 0. The van der Waals surface area contributed by atoms with Crippen LogP contribution >= 0.6 is 49.9 Å². The minimum absolute atomic E-state index is 0. The van der Waals surface area contributed by atoms with E-state index in [9.17, 15) is 0 Å². The maximum atomic E-state index is 8.28. The van der Waals surface area contributed by atoms with Gasteiger partial charge in [0.1, 0.15) is 0 Å². The molecule has 0 fully saturated rings. The van der Waals surface area contributed by atoms with E-state index in [4.69, 9.17) is 4.57 Å². The molecule has 1 atom stereocenters. The fourth-order valence-electron chi connectivity index (χ4n) is 0. The van der Waals surface area contributed by atoms with E-state index in [1.54, 1.807) is 0 Å². The summed E-state index contributed by atoms with van der Waals surface area (Å²) in [6, 6.07) is 0. The molecule has 1 unspecified atom stereocenters. The summed E-state index contributed by atoms with van der Waals surface area (Å²) in [7, 11) is 0.611. The molecule has 0 aliphatic carbocycles. The summed E-state index contributed by atoms with van der Waals surface area (Å²) in [5.74, 6) is 0. The smallest absolute Gasteiger partial charge is 0.0527 e. The zero-order valence-corrected chi connectivity index (χ0v) is 8.65. The third-order valence-electron chi connectivity index (χ3n) is 0. The average molecular weight is 232 g/mol. The lowest BCUT2D eigenvalue weighted by Crippen LogP contribution is -1.34. The highest BCUT2D eigenvalue weighted by Crippen LogP contribution is 1.67. The Morgan fingerprint density at radius 1 is 1.43 bits per heavy atom. The van der Waals surface area contributed by atoms with Gasteiger partial charge in [0.15, 0.2) is 0 Å². The summed E-state index contributed by atoms with van der Waals surface area (Å²) in [5.41, 5.74) is 0. The highest BCUT2D eigenvalue weighted by molar-refractivity contribution is 9.09. The quantitative estimate of drug-likeness (QED) is 0.462. The van der Waals surface area contributed by atoms with Crippen molar-refractivity contribution in [1.29, 1.82) is 0 Å². The molecule has 0 amide bonds. The van der Waals surface area contributed by atoms with Crippen molar-refractivity contribution in [1.82, 2.24) is 0 Å². The Labute approximate surface area is 66.8 Å². The van der Waals surface area contributed by atoms with Crippen LogP contribution in [0.2, 0.25) is 0 Å². The molecule has 0 spiro atoms. The molecule has 0 rings (SSSR count). The molecule has 0 saturated heterocycles. The van der Waals surface area contributed by atoms with Crippen LogP contribution in [0, 0.1) is 0 Å². The van der Waals surface area contributed by atoms with Crippen LogP contribution < -0.4 is 0 Å². The molecule has 50 valence electrons. The van der Waals surface area contributed by atoms with E-state index in [2.05, 4.69) is 15.9 Å². The van der Waals surface area contributed by atoms with Crippen LogP contribution in [0.25, 0.3) is 0 Å². The lowest BCUT2D eigenvalue weighted by Gasteiger charge is -1.45. The number of rotatable bonds is 0. The van der Waals surface area contributed by atoms with Crippen molar-refractivity contribution >= 4 is 49.9 Å². The van der Waals surface area contributed by atoms with Gasteiger partial charge in [-0.1, -0.05) is 22.9 Å². The second kappa shape index (κ2) is 55.0. The normalized spacial score (nSPS) is 3.71. The van der Waals surface area contributed by atoms with Gasteiger partial charge in [-0.3, -0.25) is 0 Å². The van der Waals surface area contributed by atoms with Gasteiger partial charge in [-0.15, -0.1) is 24.8 Å². The molecule has 0 aliphatic heterocycles. The molecule has 0 heterocycles. The lowest BCUT2D eigenvalue weighted by atomic mass is 11.0. The van der Waals surface area contributed by atoms with E-state index in [-0.39, 0.29) is 24.8 Å². The molecular formula is C2H10BrCl2OP. The molecule has 0 bridgehead atoms. The molecule has 1 nitrogen and oxygen atoms in total. The van der Waals surface area contributed by atoms with Crippen LogP contribution in [-0.4, -0.2) is 5.33 Å². The van der Waals surface area contributed by atoms with Crippen LogP contribution in [0.15, 0.2) is 0 Å². The van der Waals surface area contributed by atoms with E-state index in [1.165, 1.54) is 0 Å². The average Bonchev–Trinajstić information content (AvgIpc) is 1.46.